The molecular weight excluding hydrogens is 839 g/mol. The van der Waals surface area contributed by atoms with Crippen LogP contribution in [0.15, 0.2) is 0 Å². The Balaban J connectivity index is 5.42. The van der Waals surface area contributed by atoms with Crippen LogP contribution in [0.1, 0.15) is 228 Å². The van der Waals surface area contributed by atoms with Crippen LogP contribution in [0.25, 0.3) is 0 Å². The second-order valence-corrected chi connectivity index (χ2v) is 19.7. The molecule has 0 saturated heterocycles. The first-order valence-corrected chi connectivity index (χ1v) is 26.5. The van der Waals surface area contributed by atoms with E-state index in [9.17, 15) is 28.8 Å². The normalized spacial score (nSPS) is 12.9. The van der Waals surface area contributed by atoms with Gasteiger partial charge in [-0.05, 0) is 58.0 Å². The summed E-state index contributed by atoms with van der Waals surface area (Å²) in [6.45, 7) is 13.5. The molecular formula is C53H99N3O10. The lowest BCUT2D eigenvalue weighted by atomic mass is 9.86. The molecule has 0 aromatic heterocycles. The van der Waals surface area contributed by atoms with Gasteiger partial charge < -0.3 is 34.5 Å². The van der Waals surface area contributed by atoms with Crippen molar-refractivity contribution in [2.75, 3.05) is 53.6 Å². The summed E-state index contributed by atoms with van der Waals surface area (Å²) in [6.07, 6.45) is 25.8. The van der Waals surface area contributed by atoms with E-state index in [1.165, 1.54) is 83.5 Å². The van der Waals surface area contributed by atoms with Crippen molar-refractivity contribution < 1.29 is 47.7 Å². The monoisotopic (exact) mass is 938 g/mol. The second kappa shape index (κ2) is 41.9. The summed E-state index contributed by atoms with van der Waals surface area (Å²) in [7, 11) is 3.80. The van der Waals surface area contributed by atoms with Crippen molar-refractivity contribution in [2.24, 2.45) is 17.3 Å². The van der Waals surface area contributed by atoms with Crippen molar-refractivity contribution in [3.63, 3.8) is 0 Å². The van der Waals surface area contributed by atoms with Crippen LogP contribution in [0.5, 0.6) is 0 Å². The second-order valence-electron chi connectivity index (χ2n) is 19.7. The zero-order chi connectivity index (χ0) is 49.3. The Kier molecular flexibility index (Phi) is 39.9. The van der Waals surface area contributed by atoms with Gasteiger partial charge in [-0.1, -0.05) is 170 Å². The summed E-state index contributed by atoms with van der Waals surface area (Å²) in [6, 6.07) is 0. The van der Waals surface area contributed by atoms with Crippen molar-refractivity contribution >= 4 is 35.7 Å². The molecule has 0 aliphatic carbocycles. The average Bonchev–Trinajstić information content (AvgIpc) is 3.27. The number of hydrogen-bond donors (Lipinski definition) is 2. The molecule has 2 amide bonds. The predicted octanol–water partition coefficient (Wildman–Crippen LogP) is 11.0. The van der Waals surface area contributed by atoms with E-state index in [0.717, 1.165) is 70.6 Å². The van der Waals surface area contributed by atoms with Crippen LogP contribution in [0.3, 0.4) is 0 Å². The molecule has 13 heteroatoms. The van der Waals surface area contributed by atoms with Crippen molar-refractivity contribution in [1.82, 2.24) is 15.5 Å². The number of ether oxygens (including phenoxy) is 4. The largest absolute Gasteiger partial charge is 0.465 e. The third-order valence-electron chi connectivity index (χ3n) is 12.2. The minimum absolute atomic E-state index is 0.00879. The summed E-state index contributed by atoms with van der Waals surface area (Å²) in [5, 5.41) is 5.49. The molecule has 0 aromatic rings. The molecule has 386 valence electrons. The lowest BCUT2D eigenvalue weighted by molar-refractivity contribution is -0.170. The van der Waals surface area contributed by atoms with E-state index in [2.05, 4.69) is 38.3 Å². The number of esters is 4. The summed E-state index contributed by atoms with van der Waals surface area (Å²) in [5.41, 5.74) is -1.23. The number of unbranched alkanes of at least 4 members (excludes halogenated alkanes) is 16. The Bertz CT molecular complexity index is 1280. The van der Waals surface area contributed by atoms with Gasteiger partial charge in [0.15, 0.2) is 6.10 Å². The highest BCUT2D eigenvalue weighted by Crippen LogP contribution is 2.26. The average molecular weight is 938 g/mol. The molecule has 13 nitrogen and oxygen atoms in total. The molecule has 0 fully saturated rings. The van der Waals surface area contributed by atoms with E-state index in [0.29, 0.717) is 25.6 Å². The van der Waals surface area contributed by atoms with Crippen molar-refractivity contribution in [2.45, 2.75) is 234 Å². The molecule has 0 aliphatic heterocycles. The molecule has 2 unspecified atom stereocenters. The first-order valence-electron chi connectivity index (χ1n) is 26.5. The molecule has 0 spiro atoms. The molecule has 0 heterocycles. The maximum atomic E-state index is 13.6. The first-order chi connectivity index (χ1) is 31.7. The quantitative estimate of drug-likeness (QED) is 0.0258. The highest BCUT2D eigenvalue weighted by molar-refractivity contribution is 5.91. The molecule has 0 aromatic carbocycles. The number of likely N-dealkylation sites (N-methyl/N-ethyl adjacent to an activating group) is 1. The van der Waals surface area contributed by atoms with E-state index >= 15 is 0 Å². The number of carbonyl (C=O) groups excluding carboxylic acids is 6. The van der Waals surface area contributed by atoms with E-state index in [4.69, 9.17) is 18.9 Å². The van der Waals surface area contributed by atoms with Gasteiger partial charge >= 0.3 is 23.9 Å². The Labute approximate surface area is 402 Å². The smallest absolute Gasteiger partial charge is 0.317 e. The van der Waals surface area contributed by atoms with Crippen LogP contribution in [0.2, 0.25) is 0 Å². The zero-order valence-corrected chi connectivity index (χ0v) is 43.5. The number of carbonyl (C=O) groups is 6. The fourth-order valence-corrected chi connectivity index (χ4v) is 7.86. The number of nitrogens with zero attached hydrogens (tertiary/aromatic N) is 1. The van der Waals surface area contributed by atoms with Crippen molar-refractivity contribution in [1.29, 1.82) is 0 Å². The van der Waals surface area contributed by atoms with Crippen molar-refractivity contribution in [3.05, 3.63) is 0 Å². The van der Waals surface area contributed by atoms with Crippen LogP contribution in [-0.4, -0.2) is 100 Å². The Morgan fingerprint density at radius 2 is 0.909 bits per heavy atom. The SMILES string of the molecule is CCCCCCCCC(CCCCCC)COC(=O)CCCC(=O)O[C@@H](C(=O)NCCC(=O)NCCN(C)C)C(C)(C)COC(=O)CC(=O)OCC(CCCCCC)CCCCCCCC. The molecule has 66 heavy (non-hydrogen) atoms. The number of nitrogens with one attached hydrogen (secondary N) is 2. The maximum absolute atomic E-state index is 13.6. The molecule has 2 N–H and O–H groups in total. The molecule has 3 atom stereocenters. The van der Waals surface area contributed by atoms with Gasteiger partial charge in [-0.2, -0.15) is 0 Å². The standard InChI is InChI=1S/C53H99N3O10/c1-9-13-17-21-23-27-32-44(30-25-19-15-11-3)41-63-47(58)34-29-35-48(59)66-51(52(62)55-37-36-46(57)54-38-39-56(7)8)53(5,6)43-65-50(61)40-49(60)64-42-45(31-26-20-16-12-4)33-28-24-22-18-14-10-2/h44-45,51H,9-43H2,1-8H3,(H,54,57)(H,55,62)/t44?,45?,51-/m0/s1. The summed E-state index contributed by atoms with van der Waals surface area (Å²) in [4.78, 5) is 79.7. The number of hydrogen-bond acceptors (Lipinski definition) is 11. The van der Waals surface area contributed by atoms with E-state index in [-0.39, 0.29) is 63.2 Å². The lowest BCUT2D eigenvalue weighted by Crippen LogP contribution is -2.49. The van der Waals surface area contributed by atoms with Crippen molar-refractivity contribution in [3.8, 4) is 0 Å². The van der Waals surface area contributed by atoms with Gasteiger partial charge in [0.05, 0.1) is 13.2 Å². The van der Waals surface area contributed by atoms with E-state index in [1.54, 1.807) is 13.8 Å². The zero-order valence-electron chi connectivity index (χ0n) is 43.5. The fraction of sp³-hybridized carbons (Fsp3) is 0.887. The minimum atomic E-state index is -1.40. The topological polar surface area (TPSA) is 167 Å². The van der Waals surface area contributed by atoms with Crippen LogP contribution >= 0.6 is 0 Å². The van der Waals surface area contributed by atoms with E-state index in [1.807, 2.05) is 19.0 Å². The van der Waals surface area contributed by atoms with Gasteiger partial charge in [-0.15, -0.1) is 0 Å². The predicted molar refractivity (Wildman–Crippen MR) is 265 cm³/mol. The summed E-state index contributed by atoms with van der Waals surface area (Å²) < 4.78 is 22.5. The summed E-state index contributed by atoms with van der Waals surface area (Å²) >= 11 is 0. The Hall–Kier alpha value is -3.22. The molecule has 0 aliphatic rings. The molecule has 0 rings (SSSR count). The van der Waals surface area contributed by atoms with Gasteiger partial charge in [-0.3, -0.25) is 28.8 Å². The first kappa shape index (κ1) is 62.8. The van der Waals surface area contributed by atoms with Gasteiger partial charge in [0.2, 0.25) is 5.91 Å². The lowest BCUT2D eigenvalue weighted by Gasteiger charge is -2.32. The minimum Gasteiger partial charge on any atom is -0.465 e. The van der Waals surface area contributed by atoms with Gasteiger partial charge in [0.25, 0.3) is 5.91 Å². The number of amides is 2. The highest BCUT2D eigenvalue weighted by atomic mass is 16.6. The van der Waals surface area contributed by atoms with Crippen LogP contribution in [0.4, 0.5) is 0 Å². The van der Waals surface area contributed by atoms with Crippen LogP contribution in [0, 0.1) is 17.3 Å². The molecule has 0 saturated carbocycles. The highest BCUT2D eigenvalue weighted by Gasteiger charge is 2.40. The molecule has 0 bridgehead atoms. The summed E-state index contributed by atoms with van der Waals surface area (Å²) in [5.74, 6) is -2.87. The fourth-order valence-electron chi connectivity index (χ4n) is 7.86. The van der Waals surface area contributed by atoms with Gasteiger partial charge in [0.1, 0.15) is 13.0 Å². The maximum Gasteiger partial charge on any atom is 0.317 e. The molecule has 0 radical (unpaired) electrons. The Morgan fingerprint density at radius 3 is 1.39 bits per heavy atom. The van der Waals surface area contributed by atoms with Crippen LogP contribution < -0.4 is 10.6 Å². The van der Waals surface area contributed by atoms with Gasteiger partial charge in [0, 0.05) is 44.3 Å². The van der Waals surface area contributed by atoms with Crippen LogP contribution in [-0.2, 0) is 47.7 Å². The number of rotatable bonds is 45. The third-order valence-corrected chi connectivity index (χ3v) is 12.2. The third kappa shape index (κ3) is 36.8. The van der Waals surface area contributed by atoms with E-state index < -0.39 is 41.8 Å². The Morgan fingerprint density at radius 1 is 0.485 bits per heavy atom. The van der Waals surface area contributed by atoms with Gasteiger partial charge in [-0.25, -0.2) is 0 Å².